The van der Waals surface area contributed by atoms with Crippen molar-refractivity contribution in [3.8, 4) is 11.1 Å². The van der Waals surface area contributed by atoms with Gasteiger partial charge in [0, 0.05) is 59.1 Å². The van der Waals surface area contributed by atoms with Gasteiger partial charge in [0.15, 0.2) is 0 Å². The molecule has 0 fully saturated rings. The Labute approximate surface area is 492 Å². The van der Waals surface area contributed by atoms with Crippen molar-refractivity contribution in [1.82, 2.24) is 0 Å². The van der Waals surface area contributed by atoms with Crippen molar-refractivity contribution in [3.05, 3.63) is 262 Å². The molecule has 1 spiro atoms. The third-order valence-electron chi connectivity index (χ3n) is 17.7. The number of hydrogen-bond donors (Lipinski definition) is 0. The predicted molar refractivity (Wildman–Crippen MR) is 338 cm³/mol. The molecule has 10 aromatic carbocycles. The zero-order valence-electron chi connectivity index (χ0n) is 47.6. The highest BCUT2D eigenvalue weighted by Gasteiger charge is 2.54. The summed E-state index contributed by atoms with van der Waals surface area (Å²) >= 11 is 2.35. The topological polar surface area (TPSA) is 6.48 Å². The van der Waals surface area contributed by atoms with Crippen LogP contribution in [0.1, 0.15) is 111 Å². The number of rotatable bonds is 6. The van der Waals surface area contributed by atoms with Crippen LogP contribution in [0, 0.1) is 0 Å². The molecule has 10 heteroatoms. The number of anilines is 6. The largest absolute Gasteiger partial charge is 0.417 e. The van der Waals surface area contributed by atoms with E-state index < -0.39 is 34.3 Å². The minimum atomic E-state index is -4.55. The number of halogens is 6. The molecule has 2 heterocycles. The van der Waals surface area contributed by atoms with Gasteiger partial charge in [-0.2, -0.15) is 26.3 Å². The van der Waals surface area contributed by atoms with Gasteiger partial charge < -0.3 is 9.80 Å². The van der Waals surface area contributed by atoms with E-state index in [9.17, 15) is 26.3 Å². The lowest BCUT2D eigenvalue weighted by atomic mass is 9.55. The molecule has 84 heavy (non-hydrogen) atoms. The lowest BCUT2D eigenvalue weighted by Gasteiger charge is -2.47. The molecule has 2 aliphatic rings. The number of benzene rings is 10. The summed E-state index contributed by atoms with van der Waals surface area (Å²) in [5, 5.41) is 2.60. The Morgan fingerprint density at radius 2 is 0.667 bits per heavy atom. The maximum Gasteiger partial charge on any atom is 0.417 e. The molecule has 0 radical (unpaired) electrons. The summed E-state index contributed by atoms with van der Waals surface area (Å²) < 4.78 is 91.0. The fraction of sp³-hybridized carbons (Fsp3) is 0.189. The lowest BCUT2D eigenvalue weighted by Crippen LogP contribution is -2.40. The SMILES string of the molecule is CC(C)(C)c1ccc(N(c2ccc3c(c2)C2(c4cc(N(c5ccc(C(C)(C)C)cc5)c5cccc6c5sc5c(C(F)(F)F)cccc56)ccc4-3)c3ccccc3C(C)(C)c3ccccc32)c2cccc3c2sc2c(C(F)(F)F)cccc23)cc1. The first-order chi connectivity index (χ1) is 40.0. The predicted octanol–water partition coefficient (Wildman–Crippen LogP) is 23.0. The maximum atomic E-state index is 14.8. The molecule has 0 saturated carbocycles. The van der Waals surface area contributed by atoms with Crippen molar-refractivity contribution in [2.45, 2.75) is 89.4 Å². The van der Waals surface area contributed by atoms with E-state index in [4.69, 9.17) is 0 Å². The second kappa shape index (κ2) is 18.7. The Bertz CT molecular complexity index is 4350. The second-order valence-corrected chi connectivity index (χ2v) is 27.1. The first kappa shape index (κ1) is 53.8. The summed E-state index contributed by atoms with van der Waals surface area (Å²) in [5.41, 5.74) is 13.0. The molecule has 418 valence electrons. The van der Waals surface area contributed by atoms with Gasteiger partial charge in [-0.3, -0.25) is 0 Å². The molecular formula is C74H58F6N2S2. The molecule has 0 atom stereocenters. The molecule has 0 N–H and O–H groups in total. The van der Waals surface area contributed by atoms with Crippen LogP contribution in [-0.4, -0.2) is 0 Å². The van der Waals surface area contributed by atoms with Gasteiger partial charge in [0.25, 0.3) is 0 Å². The molecule has 2 aliphatic carbocycles. The zero-order chi connectivity index (χ0) is 58.6. The van der Waals surface area contributed by atoms with Gasteiger partial charge in [0.2, 0.25) is 0 Å². The van der Waals surface area contributed by atoms with E-state index in [2.05, 4.69) is 199 Å². The van der Waals surface area contributed by atoms with Gasteiger partial charge >= 0.3 is 12.4 Å². The van der Waals surface area contributed by atoms with Crippen LogP contribution in [0.5, 0.6) is 0 Å². The Balaban J connectivity index is 1.05. The number of nitrogens with zero attached hydrogens (tertiary/aromatic N) is 2. The fourth-order valence-electron chi connectivity index (χ4n) is 13.6. The van der Waals surface area contributed by atoms with E-state index in [-0.39, 0.29) is 20.2 Å². The van der Waals surface area contributed by atoms with Crippen molar-refractivity contribution in [2.24, 2.45) is 0 Å². The molecule has 0 bridgehead atoms. The van der Waals surface area contributed by atoms with Crippen LogP contribution in [0.3, 0.4) is 0 Å². The molecule has 2 nitrogen and oxygen atoms in total. The van der Waals surface area contributed by atoms with Crippen molar-refractivity contribution in [1.29, 1.82) is 0 Å². The van der Waals surface area contributed by atoms with Gasteiger partial charge in [-0.25, -0.2) is 0 Å². The van der Waals surface area contributed by atoms with Gasteiger partial charge in [0.1, 0.15) is 0 Å². The van der Waals surface area contributed by atoms with Crippen LogP contribution in [0.15, 0.2) is 206 Å². The Hall–Kier alpha value is -8.18. The normalized spacial score (nSPS) is 14.5. The minimum Gasteiger partial charge on any atom is -0.309 e. The van der Waals surface area contributed by atoms with Crippen LogP contribution >= 0.6 is 22.7 Å². The zero-order valence-corrected chi connectivity index (χ0v) is 49.2. The Morgan fingerprint density at radius 3 is 1.02 bits per heavy atom. The highest BCUT2D eigenvalue weighted by Crippen LogP contribution is 2.64. The maximum absolute atomic E-state index is 14.8. The van der Waals surface area contributed by atoms with Crippen LogP contribution in [-0.2, 0) is 34.0 Å². The van der Waals surface area contributed by atoms with Crippen molar-refractivity contribution in [3.63, 3.8) is 0 Å². The number of fused-ring (bicyclic) bond motifs is 15. The number of hydrogen-bond acceptors (Lipinski definition) is 4. The van der Waals surface area contributed by atoms with E-state index in [1.165, 1.54) is 58.1 Å². The molecule has 2 aromatic heterocycles. The molecule has 14 rings (SSSR count). The standard InChI is InChI=1S/C74H58F6N2S2/c1-69(2,3)43-29-33-45(34-30-43)81(63-27-15-19-53-51-17-13-25-59(73(75,76)77)65(51)83-67(53)63)47-37-39-49-50-40-38-48(42-62(50)72(61(49)41-47)57-23-11-9-21-55(57)71(7,8)56-22-10-12-24-58(56)72)82(46-35-31-44(32-36-46)70(4,5)6)64-28-16-20-54-52-18-14-26-60(74(78,79)80)66(52)84-68(54)64/h9-42H,1-8H3. The fourth-order valence-corrected chi connectivity index (χ4v) is 16.3. The third-order valence-corrected chi connectivity index (χ3v) is 20.3. The molecule has 0 aliphatic heterocycles. The Kier molecular flexibility index (Phi) is 12.0. The smallest absolute Gasteiger partial charge is 0.309 e. The summed E-state index contributed by atoms with van der Waals surface area (Å²) in [6.45, 7) is 17.7. The van der Waals surface area contributed by atoms with E-state index in [1.807, 2.05) is 36.4 Å². The van der Waals surface area contributed by atoms with Crippen molar-refractivity contribution < 1.29 is 26.3 Å². The van der Waals surface area contributed by atoms with Gasteiger partial charge in [-0.15, -0.1) is 22.7 Å². The van der Waals surface area contributed by atoms with Crippen molar-refractivity contribution in [2.75, 3.05) is 9.80 Å². The van der Waals surface area contributed by atoms with Gasteiger partial charge in [-0.1, -0.05) is 189 Å². The summed E-state index contributed by atoms with van der Waals surface area (Å²) in [5.74, 6) is 0. The van der Waals surface area contributed by atoms with E-state index >= 15 is 0 Å². The minimum absolute atomic E-state index is 0.143. The quantitative estimate of drug-likeness (QED) is 0.153. The van der Waals surface area contributed by atoms with Gasteiger partial charge in [0.05, 0.1) is 37.3 Å². The summed E-state index contributed by atoms with van der Waals surface area (Å²) in [6.07, 6.45) is -9.10. The molecule has 0 saturated heterocycles. The highest BCUT2D eigenvalue weighted by atomic mass is 32.1. The molecule has 0 amide bonds. The molecule has 0 unspecified atom stereocenters. The first-order valence-electron chi connectivity index (χ1n) is 28.3. The monoisotopic (exact) mass is 1150 g/mol. The Morgan fingerprint density at radius 1 is 0.333 bits per heavy atom. The summed E-state index contributed by atoms with van der Waals surface area (Å²) in [6, 6.07) is 68.6. The third kappa shape index (κ3) is 8.10. The van der Waals surface area contributed by atoms with Crippen LogP contribution in [0.2, 0.25) is 0 Å². The average molecular weight is 1150 g/mol. The van der Waals surface area contributed by atoms with Gasteiger partial charge in [-0.05, 0) is 139 Å². The number of alkyl halides is 6. The first-order valence-corrected chi connectivity index (χ1v) is 29.9. The summed E-state index contributed by atoms with van der Waals surface area (Å²) in [4.78, 5) is 4.42. The van der Waals surface area contributed by atoms with Crippen LogP contribution in [0.25, 0.3) is 51.5 Å². The summed E-state index contributed by atoms with van der Waals surface area (Å²) in [7, 11) is 0. The highest BCUT2D eigenvalue weighted by molar-refractivity contribution is 7.27. The van der Waals surface area contributed by atoms with E-state index in [1.54, 1.807) is 12.1 Å². The van der Waals surface area contributed by atoms with Crippen LogP contribution in [0.4, 0.5) is 60.5 Å². The van der Waals surface area contributed by atoms with Crippen LogP contribution < -0.4 is 9.80 Å². The second-order valence-electron chi connectivity index (χ2n) is 25.1. The van der Waals surface area contributed by atoms with E-state index in [0.29, 0.717) is 10.8 Å². The lowest BCUT2D eigenvalue weighted by molar-refractivity contribution is -0.137. The van der Waals surface area contributed by atoms with Crippen molar-refractivity contribution >= 4 is 97.1 Å². The average Bonchev–Trinajstić information content (AvgIpc) is 1.46. The molecular weight excluding hydrogens is 1090 g/mol. The number of thiophene rings is 2. The van der Waals surface area contributed by atoms with E-state index in [0.717, 1.165) is 98.8 Å². The molecule has 12 aromatic rings.